The van der Waals surface area contributed by atoms with Crippen LogP contribution < -0.4 is 5.73 Å². The third-order valence-electron chi connectivity index (χ3n) is 5.05. The number of carboxylic acids is 1. The Kier molecular flexibility index (Phi) is 3.43. The molecular formula is C15H19BrN4O2. The highest BCUT2D eigenvalue weighted by Gasteiger charge is 2.44. The topological polar surface area (TPSA) is 93.5 Å². The Balaban J connectivity index is 2.02. The van der Waals surface area contributed by atoms with Crippen LogP contribution in [0.2, 0.25) is 0 Å². The molecule has 1 aliphatic rings. The van der Waals surface area contributed by atoms with Gasteiger partial charge in [0.25, 0.3) is 0 Å². The lowest BCUT2D eigenvalue weighted by Gasteiger charge is -2.40. The van der Waals surface area contributed by atoms with Crippen LogP contribution in [0.4, 0.5) is 5.82 Å². The highest BCUT2D eigenvalue weighted by molar-refractivity contribution is 9.10. The van der Waals surface area contributed by atoms with Crippen molar-refractivity contribution in [1.29, 1.82) is 0 Å². The molecule has 3 rings (SSSR count). The number of carboxylic acid groups (broad SMARTS) is 1. The quantitative estimate of drug-likeness (QED) is 0.851. The predicted molar refractivity (Wildman–Crippen MR) is 86.7 cm³/mol. The summed E-state index contributed by atoms with van der Waals surface area (Å²) in [6.45, 7) is 3.97. The molecule has 0 aliphatic heterocycles. The van der Waals surface area contributed by atoms with Gasteiger partial charge in [0.05, 0.1) is 5.41 Å². The van der Waals surface area contributed by atoms with Crippen LogP contribution in [0.5, 0.6) is 0 Å². The first-order valence-electron chi connectivity index (χ1n) is 7.29. The largest absolute Gasteiger partial charge is 0.481 e. The number of hydrogen-bond acceptors (Lipinski definition) is 4. The standard InChI is InChI=1S/C15H19BrN4O2/c1-14(3-5-15(2,6-4-14)13(21)22)12-19-10(16)9-11(17)18-7-8-20(9)12/h7-8H,3-6H2,1-2H3,(H2,17,18)(H,21,22)/t14-,15-. The van der Waals surface area contributed by atoms with Gasteiger partial charge >= 0.3 is 5.97 Å². The van der Waals surface area contributed by atoms with Crippen molar-refractivity contribution in [2.75, 3.05) is 5.73 Å². The monoisotopic (exact) mass is 366 g/mol. The minimum atomic E-state index is -0.711. The lowest BCUT2D eigenvalue weighted by Crippen LogP contribution is -2.39. The van der Waals surface area contributed by atoms with E-state index in [9.17, 15) is 9.90 Å². The average Bonchev–Trinajstić information content (AvgIpc) is 2.82. The number of rotatable bonds is 2. The molecule has 2 aromatic heterocycles. The predicted octanol–water partition coefficient (Wildman–Crippen LogP) is 3.00. The summed E-state index contributed by atoms with van der Waals surface area (Å²) in [5.41, 5.74) is 5.91. The van der Waals surface area contributed by atoms with Crippen molar-refractivity contribution < 1.29 is 9.90 Å². The molecule has 0 amide bonds. The number of nitrogens with two attached hydrogens (primary N) is 1. The Morgan fingerprint density at radius 1 is 1.36 bits per heavy atom. The SMILES string of the molecule is C[C@]1(C(=O)O)CC[C@](C)(c2nc(Br)c3c(N)nccn32)CC1. The summed E-state index contributed by atoms with van der Waals surface area (Å²) >= 11 is 3.46. The number of aromatic nitrogens is 3. The van der Waals surface area contributed by atoms with E-state index in [1.165, 1.54) is 0 Å². The number of nitrogens with zero attached hydrogens (tertiary/aromatic N) is 3. The normalized spacial score (nSPS) is 28.9. The van der Waals surface area contributed by atoms with Crippen molar-refractivity contribution in [2.45, 2.75) is 44.9 Å². The van der Waals surface area contributed by atoms with Gasteiger partial charge in [0.1, 0.15) is 15.9 Å². The van der Waals surface area contributed by atoms with Crippen molar-refractivity contribution >= 4 is 33.2 Å². The number of anilines is 1. The number of hydrogen-bond donors (Lipinski definition) is 2. The van der Waals surface area contributed by atoms with Crippen LogP contribution in [0.15, 0.2) is 17.0 Å². The molecule has 7 heteroatoms. The molecule has 1 aliphatic carbocycles. The molecule has 0 radical (unpaired) electrons. The van der Waals surface area contributed by atoms with E-state index in [2.05, 4.69) is 32.8 Å². The fraction of sp³-hybridized carbons (Fsp3) is 0.533. The van der Waals surface area contributed by atoms with Gasteiger partial charge in [-0.05, 0) is 48.5 Å². The molecule has 2 aromatic rings. The van der Waals surface area contributed by atoms with Crippen molar-refractivity contribution in [2.24, 2.45) is 5.41 Å². The maximum absolute atomic E-state index is 11.4. The van der Waals surface area contributed by atoms with E-state index in [1.807, 2.05) is 17.5 Å². The van der Waals surface area contributed by atoms with E-state index < -0.39 is 11.4 Å². The van der Waals surface area contributed by atoms with Crippen molar-refractivity contribution in [3.63, 3.8) is 0 Å². The van der Waals surface area contributed by atoms with E-state index in [4.69, 9.17) is 5.73 Å². The van der Waals surface area contributed by atoms with Gasteiger partial charge in [0.15, 0.2) is 5.82 Å². The zero-order valence-corrected chi connectivity index (χ0v) is 14.2. The maximum atomic E-state index is 11.4. The second kappa shape index (κ2) is 4.94. The number of nitrogen functional groups attached to an aromatic ring is 1. The molecule has 118 valence electrons. The molecule has 0 aromatic carbocycles. The fourth-order valence-corrected chi connectivity index (χ4v) is 3.80. The summed E-state index contributed by atoms with van der Waals surface area (Å²) in [7, 11) is 0. The Morgan fingerprint density at radius 2 is 2.00 bits per heavy atom. The van der Waals surface area contributed by atoms with Crippen LogP contribution in [-0.2, 0) is 10.2 Å². The number of fused-ring (bicyclic) bond motifs is 1. The summed E-state index contributed by atoms with van der Waals surface area (Å²) in [5, 5.41) is 9.40. The summed E-state index contributed by atoms with van der Waals surface area (Å²) < 4.78 is 2.65. The molecule has 1 saturated carbocycles. The van der Waals surface area contributed by atoms with Gasteiger partial charge in [-0.1, -0.05) is 6.92 Å². The molecule has 1 fully saturated rings. The van der Waals surface area contributed by atoms with Crippen LogP contribution in [0.25, 0.3) is 5.52 Å². The van der Waals surface area contributed by atoms with Crippen LogP contribution >= 0.6 is 15.9 Å². The number of carbonyl (C=O) groups is 1. The van der Waals surface area contributed by atoms with E-state index in [0.717, 1.165) is 24.2 Å². The average molecular weight is 367 g/mol. The first-order chi connectivity index (χ1) is 10.3. The Bertz CT molecular complexity index is 747. The summed E-state index contributed by atoms with van der Waals surface area (Å²) in [6, 6.07) is 0. The molecular weight excluding hydrogens is 348 g/mol. The van der Waals surface area contributed by atoms with Gasteiger partial charge in [-0.3, -0.25) is 9.20 Å². The van der Waals surface area contributed by atoms with Gasteiger partial charge in [0.2, 0.25) is 0 Å². The molecule has 3 N–H and O–H groups in total. The molecule has 0 bridgehead atoms. The van der Waals surface area contributed by atoms with Gasteiger partial charge in [-0.15, -0.1) is 0 Å². The van der Waals surface area contributed by atoms with E-state index >= 15 is 0 Å². The van der Waals surface area contributed by atoms with Gasteiger partial charge < -0.3 is 10.8 Å². The smallest absolute Gasteiger partial charge is 0.309 e. The number of imidazole rings is 1. The van der Waals surface area contributed by atoms with E-state index in [1.54, 1.807) is 6.20 Å². The third kappa shape index (κ3) is 2.18. The molecule has 0 unspecified atom stereocenters. The maximum Gasteiger partial charge on any atom is 0.309 e. The Morgan fingerprint density at radius 3 is 2.59 bits per heavy atom. The highest BCUT2D eigenvalue weighted by atomic mass is 79.9. The zero-order chi connectivity index (χ0) is 16.1. The third-order valence-corrected chi connectivity index (χ3v) is 5.61. The minimum absolute atomic E-state index is 0.169. The molecule has 22 heavy (non-hydrogen) atoms. The molecule has 2 heterocycles. The van der Waals surface area contributed by atoms with Gasteiger partial charge in [0, 0.05) is 17.8 Å². The summed E-state index contributed by atoms with van der Waals surface area (Å²) in [5.74, 6) is 0.635. The summed E-state index contributed by atoms with van der Waals surface area (Å²) in [4.78, 5) is 20.2. The molecule has 6 nitrogen and oxygen atoms in total. The lowest BCUT2D eigenvalue weighted by atomic mass is 9.65. The van der Waals surface area contributed by atoms with Crippen molar-refractivity contribution in [1.82, 2.24) is 14.4 Å². The Labute approximate surface area is 136 Å². The van der Waals surface area contributed by atoms with Gasteiger partial charge in [-0.25, -0.2) is 9.97 Å². The molecule has 0 atom stereocenters. The first kappa shape index (κ1) is 15.3. The minimum Gasteiger partial charge on any atom is -0.481 e. The van der Waals surface area contributed by atoms with Crippen molar-refractivity contribution in [3.05, 3.63) is 22.8 Å². The van der Waals surface area contributed by atoms with Crippen molar-refractivity contribution in [3.8, 4) is 0 Å². The van der Waals surface area contributed by atoms with Crippen LogP contribution in [0.1, 0.15) is 45.4 Å². The van der Waals surface area contributed by atoms with Crippen LogP contribution in [-0.4, -0.2) is 25.4 Å². The van der Waals surface area contributed by atoms with Gasteiger partial charge in [-0.2, -0.15) is 0 Å². The molecule has 0 saturated heterocycles. The number of aliphatic carboxylic acids is 1. The number of halogens is 1. The highest BCUT2D eigenvalue weighted by Crippen LogP contribution is 2.47. The summed E-state index contributed by atoms with van der Waals surface area (Å²) in [6.07, 6.45) is 6.37. The van der Waals surface area contributed by atoms with Crippen LogP contribution in [0.3, 0.4) is 0 Å². The van der Waals surface area contributed by atoms with Crippen LogP contribution in [0, 0.1) is 5.41 Å². The Hall–Kier alpha value is -1.63. The second-order valence-electron chi connectivity index (χ2n) is 6.68. The lowest BCUT2D eigenvalue weighted by molar-refractivity contribution is -0.150. The second-order valence-corrected chi connectivity index (χ2v) is 7.43. The van der Waals surface area contributed by atoms with E-state index in [-0.39, 0.29) is 5.41 Å². The first-order valence-corrected chi connectivity index (χ1v) is 8.08. The van der Waals surface area contributed by atoms with E-state index in [0.29, 0.717) is 23.3 Å². The zero-order valence-electron chi connectivity index (χ0n) is 12.6. The fourth-order valence-electron chi connectivity index (χ4n) is 3.24. The molecule has 0 spiro atoms.